The van der Waals surface area contributed by atoms with Crippen molar-refractivity contribution in [2.75, 3.05) is 25.7 Å². The molecule has 0 saturated carbocycles. The van der Waals surface area contributed by atoms with Crippen LogP contribution in [0.15, 0.2) is 66.2 Å². The number of rotatable bonds is 7. The number of aromatic amines is 1. The molecule has 1 saturated heterocycles. The predicted molar refractivity (Wildman–Crippen MR) is 143 cm³/mol. The SMILES string of the molecule is CCOc1ccc(/C(O)=C2\C(=O)C(=O)N(c3nc4cc(OC)c(OC)cc4[nH]3)C2c2cccc(C)c2)cc1. The Morgan fingerprint density at radius 2 is 1.74 bits per heavy atom. The molecule has 1 fully saturated rings. The smallest absolute Gasteiger partial charge is 0.302 e. The number of Topliss-reactive ketones (excluding diaryl/α,β-unsaturated/α-hetero) is 1. The van der Waals surface area contributed by atoms with Crippen molar-refractivity contribution in [3.63, 3.8) is 0 Å². The van der Waals surface area contributed by atoms with E-state index in [1.54, 1.807) is 36.4 Å². The summed E-state index contributed by atoms with van der Waals surface area (Å²) in [6.07, 6.45) is 0. The number of benzene rings is 3. The fourth-order valence-corrected chi connectivity index (χ4v) is 4.68. The van der Waals surface area contributed by atoms with Crippen LogP contribution in [-0.2, 0) is 9.59 Å². The summed E-state index contributed by atoms with van der Waals surface area (Å²) in [5, 5.41) is 11.3. The number of carbonyl (C=O) groups is 2. The molecular weight excluding hydrogens is 486 g/mol. The van der Waals surface area contributed by atoms with Gasteiger partial charge in [-0.3, -0.25) is 14.5 Å². The summed E-state index contributed by atoms with van der Waals surface area (Å²) in [6.45, 7) is 4.29. The number of nitrogens with one attached hydrogen (secondary N) is 1. The van der Waals surface area contributed by atoms with Gasteiger partial charge in [-0.2, -0.15) is 0 Å². The van der Waals surface area contributed by atoms with Crippen molar-refractivity contribution in [3.8, 4) is 17.2 Å². The van der Waals surface area contributed by atoms with Crippen LogP contribution in [0.1, 0.15) is 29.7 Å². The summed E-state index contributed by atoms with van der Waals surface area (Å²) >= 11 is 0. The van der Waals surface area contributed by atoms with E-state index in [0.717, 1.165) is 5.56 Å². The Morgan fingerprint density at radius 3 is 2.39 bits per heavy atom. The standard InChI is InChI=1S/C29H27N3O6/c1-5-38-19-11-9-17(10-12-19)26(33)24-25(18-8-6-7-16(2)13-18)32(28(35)27(24)34)29-30-20-14-22(36-3)23(37-4)15-21(20)31-29/h6-15,25,33H,5H2,1-4H3,(H,30,31)/b26-24+. The molecule has 1 aliphatic heterocycles. The van der Waals surface area contributed by atoms with Gasteiger partial charge in [0.1, 0.15) is 11.5 Å². The van der Waals surface area contributed by atoms with E-state index < -0.39 is 17.7 Å². The number of carbonyl (C=O) groups excluding carboxylic acids is 2. The second kappa shape index (κ2) is 9.93. The molecule has 5 rings (SSSR count). The lowest BCUT2D eigenvalue weighted by molar-refractivity contribution is -0.132. The number of imidazole rings is 1. The van der Waals surface area contributed by atoms with E-state index in [1.165, 1.54) is 19.1 Å². The van der Waals surface area contributed by atoms with Crippen molar-refractivity contribution < 1.29 is 28.9 Å². The molecule has 9 heteroatoms. The van der Waals surface area contributed by atoms with Gasteiger partial charge < -0.3 is 24.3 Å². The summed E-state index contributed by atoms with van der Waals surface area (Å²) in [6, 6.07) is 16.7. The summed E-state index contributed by atoms with van der Waals surface area (Å²) in [5.41, 5.74) is 3.08. The second-order valence-corrected chi connectivity index (χ2v) is 8.83. The van der Waals surface area contributed by atoms with Crippen LogP contribution in [-0.4, -0.2) is 47.6 Å². The van der Waals surface area contributed by atoms with Crippen molar-refractivity contribution in [2.24, 2.45) is 0 Å². The highest BCUT2D eigenvalue weighted by molar-refractivity contribution is 6.51. The Balaban J connectivity index is 1.68. The highest BCUT2D eigenvalue weighted by Crippen LogP contribution is 2.42. The zero-order chi connectivity index (χ0) is 27.0. The minimum atomic E-state index is -0.911. The van der Waals surface area contributed by atoms with Crippen LogP contribution in [0.4, 0.5) is 5.95 Å². The molecule has 2 N–H and O–H groups in total. The van der Waals surface area contributed by atoms with Crippen LogP contribution in [0.3, 0.4) is 0 Å². The van der Waals surface area contributed by atoms with E-state index in [4.69, 9.17) is 14.2 Å². The van der Waals surface area contributed by atoms with E-state index in [1.807, 2.05) is 38.1 Å². The van der Waals surface area contributed by atoms with Gasteiger partial charge >= 0.3 is 5.91 Å². The largest absolute Gasteiger partial charge is 0.507 e. The van der Waals surface area contributed by atoms with Crippen LogP contribution in [0.5, 0.6) is 17.2 Å². The lowest BCUT2D eigenvalue weighted by Gasteiger charge is -2.23. The number of nitrogens with zero attached hydrogens (tertiary/aromatic N) is 2. The maximum atomic E-state index is 13.5. The van der Waals surface area contributed by atoms with Crippen molar-refractivity contribution in [1.29, 1.82) is 0 Å². The number of anilines is 1. The molecule has 0 spiro atoms. The number of amides is 1. The first-order chi connectivity index (χ1) is 18.4. The highest BCUT2D eigenvalue weighted by Gasteiger charge is 2.48. The molecular formula is C29H27N3O6. The number of methoxy groups -OCH3 is 2. The number of aliphatic hydroxyl groups excluding tert-OH is 1. The van der Waals surface area contributed by atoms with E-state index >= 15 is 0 Å². The summed E-state index contributed by atoms with van der Waals surface area (Å²) in [5.74, 6) is -0.128. The molecule has 38 heavy (non-hydrogen) atoms. The average molecular weight is 514 g/mol. The number of fused-ring (bicyclic) bond motifs is 1. The third-order valence-electron chi connectivity index (χ3n) is 6.44. The molecule has 2 heterocycles. The number of ether oxygens (including phenoxy) is 3. The number of hydrogen-bond donors (Lipinski definition) is 2. The molecule has 0 aliphatic carbocycles. The van der Waals surface area contributed by atoms with Crippen LogP contribution >= 0.6 is 0 Å². The molecule has 9 nitrogen and oxygen atoms in total. The van der Waals surface area contributed by atoms with Gasteiger partial charge in [0.05, 0.1) is 43.5 Å². The first kappa shape index (κ1) is 24.9. The zero-order valence-electron chi connectivity index (χ0n) is 21.4. The van der Waals surface area contributed by atoms with E-state index in [0.29, 0.717) is 46.0 Å². The number of ketones is 1. The number of aromatic nitrogens is 2. The molecule has 194 valence electrons. The topological polar surface area (TPSA) is 114 Å². The van der Waals surface area contributed by atoms with Gasteiger partial charge in [0.15, 0.2) is 11.5 Å². The van der Waals surface area contributed by atoms with Crippen molar-refractivity contribution in [1.82, 2.24) is 9.97 Å². The van der Waals surface area contributed by atoms with E-state index in [9.17, 15) is 14.7 Å². The molecule has 3 aromatic carbocycles. The number of H-pyrrole nitrogens is 1. The normalized spacial score (nSPS) is 16.7. The summed E-state index contributed by atoms with van der Waals surface area (Å²) in [7, 11) is 3.05. The van der Waals surface area contributed by atoms with Gasteiger partial charge in [0, 0.05) is 17.7 Å². The van der Waals surface area contributed by atoms with Crippen LogP contribution in [0.25, 0.3) is 16.8 Å². The maximum Gasteiger partial charge on any atom is 0.302 e. The fraction of sp³-hybridized carbons (Fsp3) is 0.207. The predicted octanol–water partition coefficient (Wildman–Crippen LogP) is 4.91. The third kappa shape index (κ3) is 4.21. The van der Waals surface area contributed by atoms with Crippen LogP contribution in [0.2, 0.25) is 0 Å². The fourth-order valence-electron chi connectivity index (χ4n) is 4.68. The summed E-state index contributed by atoms with van der Waals surface area (Å²) in [4.78, 5) is 36.0. The first-order valence-corrected chi connectivity index (χ1v) is 12.1. The second-order valence-electron chi connectivity index (χ2n) is 8.83. The van der Waals surface area contributed by atoms with Crippen molar-refractivity contribution in [3.05, 3.63) is 82.9 Å². The number of aryl methyl sites for hydroxylation is 1. The zero-order valence-corrected chi connectivity index (χ0v) is 21.4. The molecule has 1 atom stereocenters. The molecule has 1 aromatic heterocycles. The van der Waals surface area contributed by atoms with E-state index in [-0.39, 0.29) is 17.3 Å². The molecule has 1 amide bonds. The highest BCUT2D eigenvalue weighted by atomic mass is 16.5. The van der Waals surface area contributed by atoms with E-state index in [2.05, 4.69) is 9.97 Å². The van der Waals surface area contributed by atoms with Gasteiger partial charge in [-0.05, 0) is 43.7 Å². The monoisotopic (exact) mass is 513 g/mol. The maximum absolute atomic E-state index is 13.5. The van der Waals surface area contributed by atoms with Crippen LogP contribution < -0.4 is 19.1 Å². The quantitative estimate of drug-likeness (QED) is 0.205. The Bertz CT molecular complexity index is 1530. The lowest BCUT2D eigenvalue weighted by atomic mass is 9.94. The third-order valence-corrected chi connectivity index (χ3v) is 6.44. The first-order valence-electron chi connectivity index (χ1n) is 12.1. The van der Waals surface area contributed by atoms with Gasteiger partial charge in [0.2, 0.25) is 5.95 Å². The Labute approximate surface area is 219 Å². The van der Waals surface area contributed by atoms with Gasteiger partial charge in [-0.25, -0.2) is 4.98 Å². The van der Waals surface area contributed by atoms with Gasteiger partial charge in [-0.1, -0.05) is 29.8 Å². The minimum absolute atomic E-state index is 0.0274. The Hall–Kier alpha value is -4.79. The molecule has 4 aromatic rings. The minimum Gasteiger partial charge on any atom is -0.507 e. The van der Waals surface area contributed by atoms with Crippen molar-refractivity contribution in [2.45, 2.75) is 19.9 Å². The Kier molecular flexibility index (Phi) is 6.50. The Morgan fingerprint density at radius 1 is 1.03 bits per heavy atom. The average Bonchev–Trinajstić information content (AvgIpc) is 3.45. The molecule has 1 unspecified atom stereocenters. The van der Waals surface area contributed by atoms with Crippen LogP contribution in [0, 0.1) is 6.92 Å². The molecule has 0 bridgehead atoms. The van der Waals surface area contributed by atoms with Gasteiger partial charge in [0.25, 0.3) is 5.78 Å². The lowest BCUT2D eigenvalue weighted by Crippen LogP contribution is -2.30. The summed E-state index contributed by atoms with van der Waals surface area (Å²) < 4.78 is 16.3. The number of hydrogen-bond acceptors (Lipinski definition) is 7. The number of aliphatic hydroxyl groups is 1. The van der Waals surface area contributed by atoms with Crippen molar-refractivity contribution >= 4 is 34.4 Å². The van der Waals surface area contributed by atoms with Gasteiger partial charge in [-0.15, -0.1) is 0 Å². The molecule has 1 aliphatic rings. The molecule has 0 radical (unpaired) electrons.